The van der Waals surface area contributed by atoms with Gasteiger partial charge in [0.25, 0.3) is 0 Å². The highest BCUT2D eigenvalue weighted by atomic mass is 16.7. The van der Waals surface area contributed by atoms with Crippen molar-refractivity contribution in [2.75, 3.05) is 19.7 Å². The van der Waals surface area contributed by atoms with E-state index >= 15 is 0 Å². The van der Waals surface area contributed by atoms with Crippen LogP contribution in [0, 0.1) is 11.8 Å². The molecular weight excluding hydrogens is 688 g/mol. The summed E-state index contributed by atoms with van der Waals surface area (Å²) >= 11 is 0. The fourth-order valence-electron chi connectivity index (χ4n) is 6.20. The van der Waals surface area contributed by atoms with Crippen LogP contribution in [-0.4, -0.2) is 60.3 Å². The molecule has 0 aliphatic heterocycles. The van der Waals surface area contributed by atoms with E-state index in [9.17, 15) is 19.2 Å². The Kier molecular flexibility index (Phi) is 20.5. The summed E-state index contributed by atoms with van der Waals surface area (Å²) in [4.78, 5) is 60.0. The van der Waals surface area contributed by atoms with Gasteiger partial charge in [-0.2, -0.15) is 0 Å². The molecule has 2 amide bonds. The molecule has 1 aliphatic rings. The van der Waals surface area contributed by atoms with Gasteiger partial charge in [-0.25, -0.2) is 4.79 Å². The van der Waals surface area contributed by atoms with E-state index < -0.39 is 23.7 Å². The zero-order chi connectivity index (χ0) is 39.0. The zero-order valence-electron chi connectivity index (χ0n) is 33.0. The van der Waals surface area contributed by atoms with Crippen molar-refractivity contribution in [3.05, 3.63) is 59.9 Å². The Hall–Kier alpha value is -4.19. The van der Waals surface area contributed by atoms with Crippen molar-refractivity contribution in [3.63, 3.8) is 0 Å². The summed E-state index contributed by atoms with van der Waals surface area (Å²) in [5, 5.41) is 5.77. The number of amides is 2. The minimum atomic E-state index is -0.816. The molecule has 0 unspecified atom stereocenters. The second kappa shape index (κ2) is 25.0. The first-order valence-corrected chi connectivity index (χ1v) is 20.0. The molecule has 0 radical (unpaired) electrons. The molecule has 300 valence electrons. The van der Waals surface area contributed by atoms with Crippen LogP contribution in [-0.2, 0) is 41.7 Å². The van der Waals surface area contributed by atoms with E-state index in [0.29, 0.717) is 51.3 Å². The van der Waals surface area contributed by atoms with Crippen LogP contribution in [0.3, 0.4) is 0 Å². The Labute approximate surface area is 322 Å². The van der Waals surface area contributed by atoms with E-state index in [-0.39, 0.29) is 36.6 Å². The number of nitrogens with one attached hydrogen (secondary N) is 3. The predicted molar refractivity (Wildman–Crippen MR) is 207 cm³/mol. The highest BCUT2D eigenvalue weighted by Gasteiger charge is 2.29. The average molecular weight is 753 g/mol. The number of rotatable bonds is 24. The van der Waals surface area contributed by atoms with Crippen molar-refractivity contribution < 1.29 is 38.2 Å². The number of hydrogen-bond donors (Lipinski definition) is 3. The van der Waals surface area contributed by atoms with Crippen LogP contribution in [0.5, 0.6) is 5.75 Å². The summed E-state index contributed by atoms with van der Waals surface area (Å²) in [5.74, 6) is 0.0386. The topological polar surface area (TPSA) is 154 Å². The van der Waals surface area contributed by atoms with Gasteiger partial charge in [-0.1, -0.05) is 57.6 Å². The molecule has 1 fully saturated rings. The lowest BCUT2D eigenvalue weighted by Crippen LogP contribution is -2.47. The molecule has 12 nitrogen and oxygen atoms in total. The number of alkyl carbamates (subject to hydrolysis) is 1. The summed E-state index contributed by atoms with van der Waals surface area (Å²) in [6.07, 6.45) is 15.5. The molecule has 1 saturated carbocycles. The Morgan fingerprint density at radius 1 is 0.815 bits per heavy atom. The van der Waals surface area contributed by atoms with Gasteiger partial charge in [0.05, 0.1) is 12.5 Å². The van der Waals surface area contributed by atoms with Gasteiger partial charge in [0, 0.05) is 31.9 Å². The minimum Gasteiger partial charge on any atom is -0.489 e. The van der Waals surface area contributed by atoms with Crippen LogP contribution in [0.1, 0.15) is 129 Å². The van der Waals surface area contributed by atoms with Gasteiger partial charge in [0.2, 0.25) is 5.91 Å². The summed E-state index contributed by atoms with van der Waals surface area (Å²) in [5.41, 5.74) is 4.05. The quantitative estimate of drug-likeness (QED) is 0.0424. The van der Waals surface area contributed by atoms with E-state index in [1.807, 2.05) is 57.2 Å². The number of benzene rings is 1. The third-order valence-electron chi connectivity index (χ3n) is 9.36. The van der Waals surface area contributed by atoms with Gasteiger partial charge in [0.15, 0.2) is 0 Å². The number of unbranched alkanes of at least 4 members (excludes halogenated alkanes) is 7. The number of aromatic nitrogens is 1. The van der Waals surface area contributed by atoms with Gasteiger partial charge < -0.3 is 29.7 Å². The Balaban J connectivity index is 1.44. The van der Waals surface area contributed by atoms with Crippen LogP contribution in [0.4, 0.5) is 4.79 Å². The second-order valence-corrected chi connectivity index (χ2v) is 15.3. The van der Waals surface area contributed by atoms with Gasteiger partial charge in [-0.3, -0.25) is 19.4 Å². The fourth-order valence-corrected chi connectivity index (χ4v) is 6.20. The molecule has 0 bridgehead atoms. The van der Waals surface area contributed by atoms with Crippen molar-refractivity contribution in [1.29, 1.82) is 0 Å². The first kappa shape index (κ1) is 44.2. The molecule has 54 heavy (non-hydrogen) atoms. The molecule has 0 spiro atoms. The lowest BCUT2D eigenvalue weighted by Gasteiger charge is -2.28. The van der Waals surface area contributed by atoms with E-state index in [0.717, 1.165) is 49.7 Å². The second-order valence-electron chi connectivity index (χ2n) is 15.3. The molecular formula is C42H64N4O8. The van der Waals surface area contributed by atoms with E-state index in [1.165, 1.54) is 25.7 Å². The first-order chi connectivity index (χ1) is 26.0. The highest BCUT2D eigenvalue weighted by molar-refractivity contribution is 5.82. The summed E-state index contributed by atoms with van der Waals surface area (Å²) in [6.45, 7) is 9.45. The van der Waals surface area contributed by atoms with Crippen molar-refractivity contribution in [2.45, 2.75) is 142 Å². The molecule has 1 aromatic carbocycles. The lowest BCUT2D eigenvalue weighted by atomic mass is 9.82. The molecule has 12 heteroatoms. The number of carbonyl (C=O) groups excluding carboxylic acids is 4. The van der Waals surface area contributed by atoms with Gasteiger partial charge in [0.1, 0.15) is 24.0 Å². The third kappa shape index (κ3) is 19.2. The molecule has 3 N–H and O–H groups in total. The molecule has 1 atom stereocenters. The molecule has 3 rings (SSSR count). The van der Waals surface area contributed by atoms with Gasteiger partial charge >= 0.3 is 18.0 Å². The van der Waals surface area contributed by atoms with E-state index in [2.05, 4.69) is 28.0 Å². The number of carbonyl (C=O) groups is 4. The van der Waals surface area contributed by atoms with Crippen LogP contribution >= 0.6 is 0 Å². The Morgan fingerprint density at radius 3 is 2.20 bits per heavy atom. The SMILES string of the molecule is CCCCCCCCOC(=O)C1CCC(CNC(=O)[C@H](Cc2ccc(OCc3ccncc3)cc2)NOC(=O)CCCCCNC(=O)OC(C)(C)C)CC1. The van der Waals surface area contributed by atoms with E-state index in [4.69, 9.17) is 19.0 Å². The first-order valence-electron chi connectivity index (χ1n) is 20.0. The number of esters is 1. The minimum absolute atomic E-state index is 0.0799. The van der Waals surface area contributed by atoms with Crippen molar-refractivity contribution in [3.8, 4) is 5.75 Å². The van der Waals surface area contributed by atoms with Crippen LogP contribution < -0.4 is 20.9 Å². The van der Waals surface area contributed by atoms with Crippen molar-refractivity contribution in [2.24, 2.45) is 11.8 Å². The molecule has 2 aromatic rings. The maximum Gasteiger partial charge on any atom is 0.407 e. The van der Waals surface area contributed by atoms with Crippen molar-refractivity contribution >= 4 is 23.9 Å². The number of pyridine rings is 1. The molecule has 1 aliphatic carbocycles. The maximum absolute atomic E-state index is 13.5. The largest absolute Gasteiger partial charge is 0.489 e. The van der Waals surface area contributed by atoms with E-state index in [1.54, 1.807) is 12.4 Å². The average Bonchev–Trinajstić information content (AvgIpc) is 3.16. The normalized spacial score (nSPS) is 16.1. The lowest BCUT2D eigenvalue weighted by molar-refractivity contribution is -0.155. The summed E-state index contributed by atoms with van der Waals surface area (Å²) < 4.78 is 16.7. The highest BCUT2D eigenvalue weighted by Crippen LogP contribution is 2.29. The number of hydrogen-bond acceptors (Lipinski definition) is 10. The van der Waals surface area contributed by atoms with Crippen LogP contribution in [0.25, 0.3) is 0 Å². The maximum atomic E-state index is 13.5. The predicted octanol–water partition coefficient (Wildman–Crippen LogP) is 7.53. The number of nitrogens with zero attached hydrogens (tertiary/aromatic N) is 1. The fraction of sp³-hybridized carbons (Fsp3) is 0.643. The zero-order valence-corrected chi connectivity index (χ0v) is 33.0. The number of hydroxylamine groups is 1. The monoisotopic (exact) mass is 752 g/mol. The molecule has 1 aromatic heterocycles. The van der Waals surface area contributed by atoms with Crippen LogP contribution in [0.2, 0.25) is 0 Å². The van der Waals surface area contributed by atoms with Gasteiger partial charge in [-0.05, 0) is 113 Å². The van der Waals surface area contributed by atoms with Crippen molar-refractivity contribution in [1.82, 2.24) is 21.1 Å². The smallest absolute Gasteiger partial charge is 0.407 e. The van der Waals surface area contributed by atoms with Crippen LogP contribution in [0.15, 0.2) is 48.8 Å². The molecule has 0 saturated heterocycles. The Bertz CT molecular complexity index is 1370. The number of ether oxygens (including phenoxy) is 3. The summed E-state index contributed by atoms with van der Waals surface area (Å²) in [6, 6.07) is 10.5. The Morgan fingerprint density at radius 2 is 1.50 bits per heavy atom. The summed E-state index contributed by atoms with van der Waals surface area (Å²) in [7, 11) is 0. The standard InChI is InChI=1S/C42H64N4O8/c1-5-6-7-8-9-13-28-51-40(49)35-19-15-33(16-20-35)30-45-39(48)37(29-32-17-21-36(22-18-32)52-31-34-23-26-43-27-24-34)46-54-38(47)14-11-10-12-25-44-41(50)53-42(2,3)4/h17-18,21-24,26-27,33,35,37,46H,5-16,19-20,25,28-31H2,1-4H3,(H,44,50)(H,45,48)/t33?,35?,37-/m0/s1. The molecule has 1 heterocycles. The van der Waals surface area contributed by atoms with Gasteiger partial charge in [-0.15, -0.1) is 5.48 Å². The third-order valence-corrected chi connectivity index (χ3v) is 9.36.